The molecule has 0 unspecified atom stereocenters. The summed E-state index contributed by atoms with van der Waals surface area (Å²) >= 11 is 1.55. The number of anilines is 2. The minimum Gasteiger partial charge on any atom is -0.333 e. The number of nitrogens with one attached hydrogen (secondary N) is 3. The maximum absolute atomic E-state index is 11.9. The second-order valence-corrected chi connectivity index (χ2v) is 6.18. The average molecular weight is 318 g/mol. The Bertz CT molecular complexity index is 697. The van der Waals surface area contributed by atoms with Crippen LogP contribution in [0.15, 0.2) is 24.4 Å². The van der Waals surface area contributed by atoms with Crippen molar-refractivity contribution in [3.8, 4) is 0 Å². The topological polar surface area (TPSA) is 83.1 Å². The van der Waals surface area contributed by atoms with Crippen molar-refractivity contribution in [2.75, 3.05) is 10.6 Å². The lowest BCUT2D eigenvalue weighted by molar-refractivity contribution is -0.114. The Hall–Kier alpha value is -2.41. The standard InChI is InChI=1S/C15H18N4O2S/c1-9-4-5-12(6-14(9)18-10(2)20)19-15(21)17-8-13-7-16-11(3)22-13/h4-7H,8H2,1-3H3,(H,18,20)(H2,17,19,21). The predicted octanol–water partition coefficient (Wildman–Crippen LogP) is 3.04. The van der Waals surface area contributed by atoms with Crippen LogP contribution in [0.3, 0.4) is 0 Å². The van der Waals surface area contributed by atoms with Crippen LogP contribution in [-0.4, -0.2) is 16.9 Å². The lowest BCUT2D eigenvalue weighted by Gasteiger charge is -2.11. The van der Waals surface area contributed by atoms with Gasteiger partial charge in [-0.1, -0.05) is 6.07 Å². The van der Waals surface area contributed by atoms with Gasteiger partial charge in [-0.05, 0) is 31.5 Å². The Labute approximate surface area is 133 Å². The lowest BCUT2D eigenvalue weighted by Crippen LogP contribution is -2.27. The number of carbonyl (C=O) groups excluding carboxylic acids is 2. The molecule has 22 heavy (non-hydrogen) atoms. The Morgan fingerprint density at radius 3 is 2.64 bits per heavy atom. The summed E-state index contributed by atoms with van der Waals surface area (Å²) in [6.07, 6.45) is 1.75. The van der Waals surface area contributed by atoms with Crippen LogP contribution in [0.5, 0.6) is 0 Å². The Kier molecular flexibility index (Phi) is 5.11. The molecule has 7 heteroatoms. The van der Waals surface area contributed by atoms with Crippen molar-refractivity contribution >= 4 is 34.6 Å². The van der Waals surface area contributed by atoms with Crippen molar-refractivity contribution in [2.45, 2.75) is 27.3 Å². The Balaban J connectivity index is 1.94. The third-order valence-electron chi connectivity index (χ3n) is 2.90. The number of hydrogen-bond donors (Lipinski definition) is 3. The van der Waals surface area contributed by atoms with Gasteiger partial charge >= 0.3 is 6.03 Å². The molecule has 2 rings (SSSR count). The molecule has 1 aromatic heterocycles. The minimum atomic E-state index is -0.302. The van der Waals surface area contributed by atoms with Crippen molar-refractivity contribution < 1.29 is 9.59 Å². The minimum absolute atomic E-state index is 0.148. The van der Waals surface area contributed by atoms with Gasteiger partial charge < -0.3 is 16.0 Å². The van der Waals surface area contributed by atoms with Crippen LogP contribution in [0.4, 0.5) is 16.2 Å². The smallest absolute Gasteiger partial charge is 0.319 e. The number of aryl methyl sites for hydroxylation is 2. The molecule has 0 aliphatic carbocycles. The van der Waals surface area contributed by atoms with E-state index in [9.17, 15) is 9.59 Å². The molecular weight excluding hydrogens is 300 g/mol. The fourth-order valence-corrected chi connectivity index (χ4v) is 2.59. The van der Waals surface area contributed by atoms with Crippen molar-refractivity contribution in [3.63, 3.8) is 0 Å². The van der Waals surface area contributed by atoms with E-state index in [1.54, 1.807) is 29.7 Å². The maximum Gasteiger partial charge on any atom is 0.319 e. The summed E-state index contributed by atoms with van der Waals surface area (Å²) in [4.78, 5) is 28.2. The third-order valence-corrected chi connectivity index (χ3v) is 3.81. The van der Waals surface area contributed by atoms with E-state index in [1.807, 2.05) is 19.9 Å². The summed E-state index contributed by atoms with van der Waals surface area (Å²) in [5, 5.41) is 9.21. The summed E-state index contributed by atoms with van der Waals surface area (Å²) in [6.45, 7) is 5.69. The van der Waals surface area contributed by atoms with Gasteiger partial charge in [0.05, 0.1) is 11.6 Å². The Morgan fingerprint density at radius 1 is 1.23 bits per heavy atom. The zero-order valence-corrected chi connectivity index (χ0v) is 13.5. The highest BCUT2D eigenvalue weighted by Gasteiger charge is 2.06. The third kappa shape index (κ3) is 4.56. The molecule has 3 N–H and O–H groups in total. The average Bonchev–Trinajstić information content (AvgIpc) is 2.85. The predicted molar refractivity (Wildman–Crippen MR) is 88.2 cm³/mol. The first-order chi connectivity index (χ1) is 10.4. The highest BCUT2D eigenvalue weighted by atomic mass is 32.1. The number of thiazole rings is 1. The van der Waals surface area contributed by atoms with Gasteiger partial charge in [-0.25, -0.2) is 9.78 Å². The molecule has 0 saturated heterocycles. The summed E-state index contributed by atoms with van der Waals surface area (Å²) in [7, 11) is 0. The highest BCUT2D eigenvalue weighted by molar-refractivity contribution is 7.11. The summed E-state index contributed by atoms with van der Waals surface area (Å²) in [6, 6.07) is 5.06. The molecule has 2 aromatic rings. The first kappa shape index (κ1) is 16.0. The van der Waals surface area contributed by atoms with Gasteiger partial charge in [-0.2, -0.15) is 0 Å². The molecular formula is C15H18N4O2S. The van der Waals surface area contributed by atoms with Crippen LogP contribution < -0.4 is 16.0 Å². The van der Waals surface area contributed by atoms with Gasteiger partial charge in [0.15, 0.2) is 0 Å². The zero-order valence-electron chi connectivity index (χ0n) is 12.7. The second-order valence-electron chi connectivity index (χ2n) is 4.86. The van der Waals surface area contributed by atoms with Gasteiger partial charge in [0.2, 0.25) is 5.91 Å². The normalized spacial score (nSPS) is 10.1. The maximum atomic E-state index is 11.9. The quantitative estimate of drug-likeness (QED) is 0.810. The van der Waals surface area contributed by atoms with E-state index in [0.717, 1.165) is 15.4 Å². The molecule has 0 radical (unpaired) electrons. The molecule has 0 saturated carbocycles. The van der Waals surface area contributed by atoms with E-state index in [4.69, 9.17) is 0 Å². The highest BCUT2D eigenvalue weighted by Crippen LogP contribution is 2.20. The molecule has 0 bridgehead atoms. The van der Waals surface area contributed by atoms with E-state index < -0.39 is 0 Å². The number of aromatic nitrogens is 1. The molecule has 1 aromatic carbocycles. The lowest BCUT2D eigenvalue weighted by atomic mass is 10.2. The molecule has 0 spiro atoms. The first-order valence-electron chi connectivity index (χ1n) is 6.78. The molecule has 0 atom stereocenters. The SMILES string of the molecule is CC(=O)Nc1cc(NC(=O)NCc2cnc(C)s2)ccc1C. The van der Waals surface area contributed by atoms with E-state index in [0.29, 0.717) is 17.9 Å². The first-order valence-corrected chi connectivity index (χ1v) is 7.60. The molecule has 1 heterocycles. The Morgan fingerprint density at radius 2 is 2.00 bits per heavy atom. The summed E-state index contributed by atoms with van der Waals surface area (Å²) in [5.74, 6) is -0.148. The number of nitrogens with zero attached hydrogens (tertiary/aromatic N) is 1. The van der Waals surface area contributed by atoms with Gasteiger partial charge in [-0.15, -0.1) is 11.3 Å². The molecule has 6 nitrogen and oxygen atoms in total. The van der Waals surface area contributed by atoms with Crippen LogP contribution >= 0.6 is 11.3 Å². The number of carbonyl (C=O) groups is 2. The number of hydrogen-bond acceptors (Lipinski definition) is 4. The summed E-state index contributed by atoms with van der Waals surface area (Å²) in [5.41, 5.74) is 2.23. The molecule has 0 aliphatic heterocycles. The molecule has 3 amide bonds. The fourth-order valence-electron chi connectivity index (χ4n) is 1.85. The van der Waals surface area contributed by atoms with Gasteiger partial charge in [0, 0.05) is 29.4 Å². The number of rotatable bonds is 4. The second kappa shape index (κ2) is 7.04. The zero-order chi connectivity index (χ0) is 16.1. The van der Waals surface area contributed by atoms with Crippen LogP contribution in [0, 0.1) is 13.8 Å². The van der Waals surface area contributed by atoms with E-state index in [2.05, 4.69) is 20.9 Å². The van der Waals surface area contributed by atoms with Crippen molar-refractivity contribution in [1.29, 1.82) is 0 Å². The van der Waals surface area contributed by atoms with Crippen molar-refractivity contribution in [2.24, 2.45) is 0 Å². The molecule has 0 aliphatic rings. The van der Waals surface area contributed by atoms with Gasteiger partial charge in [0.25, 0.3) is 0 Å². The number of amides is 3. The van der Waals surface area contributed by atoms with Crippen LogP contribution in [0.1, 0.15) is 22.4 Å². The van der Waals surface area contributed by atoms with Crippen LogP contribution in [0.2, 0.25) is 0 Å². The van der Waals surface area contributed by atoms with Crippen molar-refractivity contribution in [1.82, 2.24) is 10.3 Å². The molecule has 116 valence electrons. The fraction of sp³-hybridized carbons (Fsp3) is 0.267. The van der Waals surface area contributed by atoms with Gasteiger partial charge in [0.1, 0.15) is 0 Å². The number of urea groups is 1. The van der Waals surface area contributed by atoms with Crippen LogP contribution in [0.25, 0.3) is 0 Å². The monoisotopic (exact) mass is 318 g/mol. The van der Waals surface area contributed by atoms with Gasteiger partial charge in [-0.3, -0.25) is 4.79 Å². The summed E-state index contributed by atoms with van der Waals surface area (Å²) < 4.78 is 0. The van der Waals surface area contributed by atoms with E-state index >= 15 is 0 Å². The van der Waals surface area contributed by atoms with E-state index in [-0.39, 0.29) is 11.9 Å². The van der Waals surface area contributed by atoms with Crippen LogP contribution in [-0.2, 0) is 11.3 Å². The largest absolute Gasteiger partial charge is 0.333 e. The van der Waals surface area contributed by atoms with Crippen molar-refractivity contribution in [3.05, 3.63) is 39.8 Å². The number of benzene rings is 1. The molecule has 0 fully saturated rings. The van der Waals surface area contributed by atoms with E-state index in [1.165, 1.54) is 6.92 Å².